The van der Waals surface area contributed by atoms with Crippen LogP contribution in [0.5, 0.6) is 0 Å². The molecule has 0 unspecified atom stereocenters. The van der Waals surface area contributed by atoms with Crippen molar-refractivity contribution in [2.75, 3.05) is 13.2 Å². The summed E-state index contributed by atoms with van der Waals surface area (Å²) in [5.41, 5.74) is 0. The summed E-state index contributed by atoms with van der Waals surface area (Å²) in [5.74, 6) is -0.788. The van der Waals surface area contributed by atoms with Crippen LogP contribution in [0.3, 0.4) is 0 Å². The first-order valence-corrected chi connectivity index (χ1v) is 18.1. The van der Waals surface area contributed by atoms with Gasteiger partial charge in [-0.2, -0.15) is 0 Å². The van der Waals surface area contributed by atoms with Crippen molar-refractivity contribution in [1.82, 2.24) is 0 Å². The molecule has 0 fully saturated rings. The van der Waals surface area contributed by atoms with Crippen molar-refractivity contribution in [3.8, 4) is 0 Å². The Kier molecular flexibility index (Phi) is 25.4. The number of aliphatic hydroxyl groups excluding tert-OH is 2. The average Bonchev–Trinajstić information content (AvgIpc) is 3.38. The van der Waals surface area contributed by atoms with Crippen molar-refractivity contribution in [3.63, 3.8) is 0 Å². The summed E-state index contributed by atoms with van der Waals surface area (Å²) in [6.45, 7) is 4.02. The number of ketones is 1. The first-order chi connectivity index (χ1) is 21.9. The van der Waals surface area contributed by atoms with Crippen LogP contribution >= 0.6 is 0 Å². The Morgan fingerprint density at radius 3 is 1.89 bits per heavy atom. The minimum absolute atomic E-state index is 0.0738. The number of carbonyl (C=O) groups excluding carboxylic acids is 3. The lowest BCUT2D eigenvalue weighted by atomic mass is 9.90. The summed E-state index contributed by atoms with van der Waals surface area (Å²) in [4.78, 5) is 36.2. The number of unbranched alkanes of at least 4 members (excludes halogenated alkanes) is 14. The van der Waals surface area contributed by atoms with Gasteiger partial charge in [-0.15, -0.1) is 0 Å². The third-order valence-electron chi connectivity index (χ3n) is 8.38. The molecule has 1 rings (SSSR count). The molecule has 0 radical (unpaired) electrons. The van der Waals surface area contributed by atoms with Crippen LogP contribution in [0.2, 0.25) is 0 Å². The van der Waals surface area contributed by atoms with Gasteiger partial charge >= 0.3 is 11.9 Å². The Morgan fingerprint density at radius 2 is 1.29 bits per heavy atom. The van der Waals surface area contributed by atoms with Crippen LogP contribution in [0.15, 0.2) is 36.5 Å². The highest BCUT2D eigenvalue weighted by Crippen LogP contribution is 2.27. The molecule has 0 aromatic carbocycles. The Labute approximate surface area is 273 Å². The molecule has 0 aromatic heterocycles. The number of rotatable bonds is 29. The van der Waals surface area contributed by atoms with Gasteiger partial charge in [0.2, 0.25) is 0 Å². The second-order valence-corrected chi connectivity index (χ2v) is 12.7. The number of esters is 2. The molecular weight excluding hydrogens is 568 g/mol. The smallest absolute Gasteiger partial charge is 0.305 e. The molecular formula is C38H64O7. The van der Waals surface area contributed by atoms with Gasteiger partial charge in [0, 0.05) is 18.8 Å². The highest BCUT2D eigenvalue weighted by molar-refractivity contribution is 5.95. The Balaban J connectivity index is 2.04. The number of ether oxygens (including phenoxy) is 2. The third-order valence-corrected chi connectivity index (χ3v) is 8.38. The van der Waals surface area contributed by atoms with E-state index in [0.717, 1.165) is 51.4 Å². The van der Waals surface area contributed by atoms with Gasteiger partial charge in [0.25, 0.3) is 0 Å². The lowest BCUT2D eigenvalue weighted by Gasteiger charge is -2.13. The molecule has 2 N–H and O–H groups in total. The minimum atomic E-state index is -1.03. The molecule has 0 saturated heterocycles. The van der Waals surface area contributed by atoms with Gasteiger partial charge in [0.1, 0.15) is 19.3 Å². The molecule has 0 bridgehead atoms. The fraction of sp³-hybridized carbons (Fsp3) is 0.763. The van der Waals surface area contributed by atoms with Crippen molar-refractivity contribution in [1.29, 1.82) is 0 Å². The monoisotopic (exact) mass is 632 g/mol. The number of hydrogen-bond donors (Lipinski definition) is 2. The molecule has 1 aliphatic rings. The number of carbonyl (C=O) groups is 3. The highest BCUT2D eigenvalue weighted by atomic mass is 16.6. The largest absolute Gasteiger partial charge is 0.463 e. The topological polar surface area (TPSA) is 110 Å². The van der Waals surface area contributed by atoms with Crippen LogP contribution in [0.4, 0.5) is 0 Å². The second kappa shape index (κ2) is 28.0. The molecule has 0 amide bonds. The number of allylic oxidation sites excluding steroid dienone is 5. The van der Waals surface area contributed by atoms with Gasteiger partial charge in [-0.25, -0.2) is 0 Å². The summed E-state index contributed by atoms with van der Waals surface area (Å²) < 4.78 is 10.3. The van der Waals surface area contributed by atoms with E-state index in [4.69, 9.17) is 9.47 Å². The number of aliphatic hydroxyl groups is 2. The molecule has 0 aromatic rings. The molecule has 7 nitrogen and oxygen atoms in total. The second-order valence-electron chi connectivity index (χ2n) is 12.7. The van der Waals surface area contributed by atoms with E-state index in [1.54, 1.807) is 12.2 Å². The van der Waals surface area contributed by atoms with Crippen molar-refractivity contribution in [2.45, 2.75) is 161 Å². The van der Waals surface area contributed by atoms with Gasteiger partial charge in [-0.05, 0) is 44.1 Å². The molecule has 0 saturated carbocycles. The standard InChI is InChI=1S/C38H64O7/c1-3-5-7-8-9-10-11-12-13-14-15-20-24-37(42)44-30-34(40)31-45-38(43)25-21-17-16-19-22-32-26-29-36(41)35(32)28-27-33(39)23-18-6-4-2/h16,19,26-29,32-35,39-40H,3-15,17-18,20-25,30-31H2,1-2H3/b19-16-,28-27+/t32-,33-,34+,35+/m0/s1. The van der Waals surface area contributed by atoms with Crippen LogP contribution in [-0.2, 0) is 23.9 Å². The number of hydrogen-bond acceptors (Lipinski definition) is 7. The summed E-state index contributed by atoms with van der Waals surface area (Å²) in [7, 11) is 0. The first kappa shape index (κ1) is 40.8. The van der Waals surface area contributed by atoms with E-state index >= 15 is 0 Å². The Morgan fingerprint density at radius 1 is 0.756 bits per heavy atom. The molecule has 0 aliphatic heterocycles. The van der Waals surface area contributed by atoms with Crippen LogP contribution < -0.4 is 0 Å². The molecule has 7 heteroatoms. The van der Waals surface area contributed by atoms with E-state index in [-0.39, 0.29) is 43.2 Å². The summed E-state index contributed by atoms with van der Waals surface area (Å²) in [6.07, 6.45) is 31.0. The lowest BCUT2D eigenvalue weighted by molar-refractivity contribution is -0.152. The van der Waals surface area contributed by atoms with E-state index in [9.17, 15) is 24.6 Å². The van der Waals surface area contributed by atoms with Crippen molar-refractivity contribution in [3.05, 3.63) is 36.5 Å². The summed E-state index contributed by atoms with van der Waals surface area (Å²) >= 11 is 0. The lowest BCUT2D eigenvalue weighted by Crippen LogP contribution is -2.25. The molecule has 258 valence electrons. The molecule has 4 atom stereocenters. The maximum Gasteiger partial charge on any atom is 0.305 e. The predicted octanol–water partition coefficient (Wildman–Crippen LogP) is 8.51. The SMILES string of the molecule is CCCCCCCCCCCCCCC(=O)OC[C@@H](O)COC(=O)CCC/C=C\C[C@H]1C=CC(=O)[C@@H]1/C=C/[C@@H](O)CCCCC. The van der Waals surface area contributed by atoms with E-state index in [1.165, 1.54) is 57.8 Å². The summed E-state index contributed by atoms with van der Waals surface area (Å²) in [5, 5.41) is 20.1. The van der Waals surface area contributed by atoms with Crippen molar-refractivity contribution >= 4 is 17.7 Å². The fourth-order valence-corrected chi connectivity index (χ4v) is 5.49. The quantitative estimate of drug-likeness (QED) is 0.0483. The molecule has 45 heavy (non-hydrogen) atoms. The van der Waals surface area contributed by atoms with Crippen molar-refractivity contribution < 1.29 is 34.1 Å². The van der Waals surface area contributed by atoms with Gasteiger partial charge in [-0.3, -0.25) is 14.4 Å². The van der Waals surface area contributed by atoms with Gasteiger partial charge in [-0.1, -0.05) is 134 Å². The normalized spacial score (nSPS) is 17.8. The van der Waals surface area contributed by atoms with Gasteiger partial charge in [0.15, 0.2) is 5.78 Å². The maximum atomic E-state index is 12.2. The fourth-order valence-electron chi connectivity index (χ4n) is 5.49. The van der Waals surface area contributed by atoms with E-state index < -0.39 is 18.2 Å². The third kappa shape index (κ3) is 22.8. The van der Waals surface area contributed by atoms with E-state index in [1.807, 2.05) is 24.3 Å². The van der Waals surface area contributed by atoms with Crippen molar-refractivity contribution in [2.24, 2.45) is 11.8 Å². The molecule has 0 spiro atoms. The van der Waals surface area contributed by atoms with E-state index in [0.29, 0.717) is 19.3 Å². The zero-order valence-electron chi connectivity index (χ0n) is 28.5. The first-order valence-electron chi connectivity index (χ1n) is 18.1. The summed E-state index contributed by atoms with van der Waals surface area (Å²) in [6, 6.07) is 0. The van der Waals surface area contributed by atoms with Crippen LogP contribution in [0.25, 0.3) is 0 Å². The minimum Gasteiger partial charge on any atom is -0.463 e. The highest BCUT2D eigenvalue weighted by Gasteiger charge is 2.26. The van der Waals surface area contributed by atoms with Crippen LogP contribution in [-0.4, -0.2) is 53.4 Å². The Hall–Kier alpha value is -2.25. The van der Waals surface area contributed by atoms with E-state index in [2.05, 4.69) is 13.8 Å². The van der Waals surface area contributed by atoms with Crippen LogP contribution in [0.1, 0.15) is 149 Å². The zero-order valence-corrected chi connectivity index (χ0v) is 28.5. The Bertz CT molecular complexity index is 862. The average molecular weight is 633 g/mol. The molecule has 0 heterocycles. The predicted molar refractivity (Wildman–Crippen MR) is 182 cm³/mol. The molecule has 1 aliphatic carbocycles. The van der Waals surface area contributed by atoms with Gasteiger partial charge in [0.05, 0.1) is 6.10 Å². The van der Waals surface area contributed by atoms with Gasteiger partial charge < -0.3 is 19.7 Å². The maximum absolute atomic E-state index is 12.2. The zero-order chi connectivity index (χ0) is 33.0. The van der Waals surface area contributed by atoms with Crippen LogP contribution in [0, 0.1) is 11.8 Å².